The maximum atomic E-state index is 5.79. The number of hydrogen-bond acceptors (Lipinski definition) is 2. The van der Waals surface area contributed by atoms with Gasteiger partial charge in [-0.3, -0.25) is 0 Å². The number of hydrogen-bond donors (Lipinski definition) is 1. The lowest BCUT2D eigenvalue weighted by molar-refractivity contribution is -0.0251. The monoisotopic (exact) mass is 191 g/mol. The summed E-state index contributed by atoms with van der Waals surface area (Å²) in [5.74, 6) is 0.492. The summed E-state index contributed by atoms with van der Waals surface area (Å²) in [6.07, 6.45) is 2.55. The van der Waals surface area contributed by atoms with Gasteiger partial charge in [0.05, 0.1) is 6.10 Å². The van der Waals surface area contributed by atoms with Gasteiger partial charge in [0.15, 0.2) is 0 Å². The van der Waals surface area contributed by atoms with Crippen molar-refractivity contribution < 1.29 is 4.74 Å². The van der Waals surface area contributed by atoms with Crippen molar-refractivity contribution in [2.24, 2.45) is 11.7 Å². The van der Waals surface area contributed by atoms with Crippen LogP contribution >= 0.6 is 0 Å². The Morgan fingerprint density at radius 3 is 2.79 bits per heavy atom. The fourth-order valence-electron chi connectivity index (χ4n) is 2.10. The van der Waals surface area contributed by atoms with Gasteiger partial charge in [-0.1, -0.05) is 30.3 Å². The topological polar surface area (TPSA) is 35.2 Å². The van der Waals surface area contributed by atoms with Crippen LogP contribution in [0.3, 0.4) is 0 Å². The molecule has 1 aromatic carbocycles. The summed E-state index contributed by atoms with van der Waals surface area (Å²) < 4.78 is 5.79. The molecule has 0 aromatic heterocycles. The van der Waals surface area contributed by atoms with Crippen molar-refractivity contribution in [1.29, 1.82) is 0 Å². The van der Waals surface area contributed by atoms with Gasteiger partial charge < -0.3 is 10.5 Å². The lowest BCUT2D eigenvalue weighted by Crippen LogP contribution is -2.28. The van der Waals surface area contributed by atoms with Crippen LogP contribution in [0, 0.1) is 5.92 Å². The quantitative estimate of drug-likeness (QED) is 0.777. The summed E-state index contributed by atoms with van der Waals surface area (Å²) in [6, 6.07) is 10.4. The summed E-state index contributed by atoms with van der Waals surface area (Å²) in [5.41, 5.74) is 7.02. The summed E-state index contributed by atoms with van der Waals surface area (Å²) in [5, 5.41) is 0. The number of benzene rings is 1. The molecule has 0 saturated carbocycles. The molecular formula is C12H17NO. The van der Waals surface area contributed by atoms with Gasteiger partial charge in [-0.15, -0.1) is 0 Å². The van der Waals surface area contributed by atoms with Crippen LogP contribution in [0.2, 0.25) is 0 Å². The van der Waals surface area contributed by atoms with E-state index in [1.165, 1.54) is 12.0 Å². The molecular weight excluding hydrogens is 174 g/mol. The molecule has 0 spiro atoms. The lowest BCUT2D eigenvalue weighted by Gasteiger charge is -2.31. The maximum absolute atomic E-state index is 5.79. The molecule has 0 radical (unpaired) electrons. The molecule has 2 N–H and O–H groups in total. The Labute approximate surface area is 85.1 Å². The first-order valence-corrected chi connectivity index (χ1v) is 5.28. The molecule has 1 heterocycles. The van der Waals surface area contributed by atoms with Crippen LogP contribution in [0.25, 0.3) is 0 Å². The minimum Gasteiger partial charge on any atom is -0.373 e. The van der Waals surface area contributed by atoms with E-state index in [4.69, 9.17) is 10.5 Å². The molecule has 1 aliphatic rings. The molecule has 2 heteroatoms. The van der Waals surface area contributed by atoms with Gasteiger partial charge in [-0.2, -0.15) is 0 Å². The largest absolute Gasteiger partial charge is 0.373 e. The van der Waals surface area contributed by atoms with Crippen molar-refractivity contribution >= 4 is 0 Å². The summed E-state index contributed by atoms with van der Waals surface area (Å²) in [7, 11) is 0. The highest BCUT2D eigenvalue weighted by molar-refractivity contribution is 5.18. The molecule has 0 amide bonds. The Kier molecular flexibility index (Phi) is 3.17. The summed E-state index contributed by atoms with van der Waals surface area (Å²) in [6.45, 7) is 1.59. The predicted octanol–water partition coefficient (Wildman–Crippen LogP) is 2.11. The third kappa shape index (κ3) is 1.97. The van der Waals surface area contributed by atoms with E-state index in [0.717, 1.165) is 19.6 Å². The minimum atomic E-state index is 0.218. The average Bonchev–Trinajstić information content (AvgIpc) is 2.30. The van der Waals surface area contributed by atoms with Crippen molar-refractivity contribution in [2.45, 2.75) is 18.9 Å². The average molecular weight is 191 g/mol. The van der Waals surface area contributed by atoms with Crippen molar-refractivity contribution in [3.63, 3.8) is 0 Å². The molecule has 2 rings (SSSR count). The smallest absolute Gasteiger partial charge is 0.0865 e. The zero-order chi connectivity index (χ0) is 9.80. The molecule has 0 bridgehead atoms. The molecule has 2 nitrogen and oxygen atoms in total. The lowest BCUT2D eigenvalue weighted by atomic mass is 9.90. The van der Waals surface area contributed by atoms with E-state index in [9.17, 15) is 0 Å². The molecule has 0 unspecified atom stereocenters. The summed E-state index contributed by atoms with van der Waals surface area (Å²) in [4.78, 5) is 0. The van der Waals surface area contributed by atoms with Crippen LogP contribution in [0.1, 0.15) is 24.5 Å². The number of ether oxygens (including phenoxy) is 1. The molecule has 1 saturated heterocycles. The van der Waals surface area contributed by atoms with Gasteiger partial charge in [-0.25, -0.2) is 0 Å². The fourth-order valence-corrected chi connectivity index (χ4v) is 2.10. The second kappa shape index (κ2) is 4.58. The fraction of sp³-hybridized carbons (Fsp3) is 0.500. The van der Waals surface area contributed by atoms with E-state index in [-0.39, 0.29) is 6.10 Å². The van der Waals surface area contributed by atoms with Gasteiger partial charge >= 0.3 is 0 Å². The Hall–Kier alpha value is -0.860. The first-order chi connectivity index (χ1) is 6.92. The molecule has 1 aliphatic heterocycles. The van der Waals surface area contributed by atoms with Crippen LogP contribution in [-0.4, -0.2) is 13.2 Å². The van der Waals surface area contributed by atoms with E-state index < -0.39 is 0 Å². The normalized spacial score (nSPS) is 27.5. The van der Waals surface area contributed by atoms with E-state index >= 15 is 0 Å². The highest BCUT2D eigenvalue weighted by Gasteiger charge is 2.25. The van der Waals surface area contributed by atoms with Crippen LogP contribution in [0.4, 0.5) is 0 Å². The van der Waals surface area contributed by atoms with E-state index in [2.05, 4.69) is 24.3 Å². The minimum absolute atomic E-state index is 0.218. The van der Waals surface area contributed by atoms with Crippen molar-refractivity contribution in [1.82, 2.24) is 0 Å². The van der Waals surface area contributed by atoms with Gasteiger partial charge in [0.25, 0.3) is 0 Å². The maximum Gasteiger partial charge on any atom is 0.0865 e. The second-order valence-corrected chi connectivity index (χ2v) is 3.84. The Bertz CT molecular complexity index is 273. The number of rotatable bonds is 2. The molecule has 1 fully saturated rings. The third-order valence-corrected chi connectivity index (χ3v) is 2.88. The number of nitrogens with two attached hydrogens (primary N) is 1. The van der Waals surface area contributed by atoms with Crippen LogP contribution in [0.5, 0.6) is 0 Å². The summed E-state index contributed by atoms with van der Waals surface area (Å²) >= 11 is 0. The molecule has 76 valence electrons. The van der Waals surface area contributed by atoms with Crippen LogP contribution in [0.15, 0.2) is 30.3 Å². The van der Waals surface area contributed by atoms with Gasteiger partial charge in [0.2, 0.25) is 0 Å². The first kappa shape index (κ1) is 9.69. The zero-order valence-corrected chi connectivity index (χ0v) is 8.36. The van der Waals surface area contributed by atoms with E-state index in [0.29, 0.717) is 5.92 Å². The Balaban J connectivity index is 2.15. The van der Waals surface area contributed by atoms with Gasteiger partial charge in [0.1, 0.15) is 0 Å². The van der Waals surface area contributed by atoms with Crippen molar-refractivity contribution in [3.05, 3.63) is 35.9 Å². The SMILES string of the molecule is NC[C@H]1CCCO[C@H]1c1ccccc1. The molecule has 2 atom stereocenters. The molecule has 0 aliphatic carbocycles. The highest BCUT2D eigenvalue weighted by atomic mass is 16.5. The molecule has 14 heavy (non-hydrogen) atoms. The highest BCUT2D eigenvalue weighted by Crippen LogP contribution is 2.32. The predicted molar refractivity (Wildman–Crippen MR) is 56.9 cm³/mol. The van der Waals surface area contributed by atoms with Gasteiger partial charge in [-0.05, 0) is 24.9 Å². The van der Waals surface area contributed by atoms with Gasteiger partial charge in [0, 0.05) is 12.5 Å². The molecule has 1 aromatic rings. The van der Waals surface area contributed by atoms with E-state index in [1.807, 2.05) is 6.07 Å². The van der Waals surface area contributed by atoms with Crippen molar-refractivity contribution in [2.75, 3.05) is 13.2 Å². The van der Waals surface area contributed by atoms with Crippen LogP contribution in [-0.2, 0) is 4.74 Å². The first-order valence-electron chi connectivity index (χ1n) is 5.28. The second-order valence-electron chi connectivity index (χ2n) is 3.84. The zero-order valence-electron chi connectivity index (χ0n) is 8.36. The standard InChI is InChI=1S/C12H17NO/c13-9-11-7-4-8-14-12(11)10-5-2-1-3-6-10/h1-3,5-6,11-12H,4,7-9,13H2/t11-,12+/m1/s1. The Morgan fingerprint density at radius 1 is 1.29 bits per heavy atom. The van der Waals surface area contributed by atoms with Crippen molar-refractivity contribution in [3.8, 4) is 0 Å². The third-order valence-electron chi connectivity index (χ3n) is 2.88. The Morgan fingerprint density at radius 2 is 2.07 bits per heavy atom. The van der Waals surface area contributed by atoms with Crippen LogP contribution < -0.4 is 5.73 Å². The van der Waals surface area contributed by atoms with E-state index in [1.54, 1.807) is 0 Å².